The predicted molar refractivity (Wildman–Crippen MR) is 137 cm³/mol. The molecule has 3 N–H and O–H groups in total. The smallest absolute Gasteiger partial charge is 0.410 e. The molecule has 1 unspecified atom stereocenters. The van der Waals surface area contributed by atoms with Crippen LogP contribution in [0.5, 0.6) is 0 Å². The molecule has 1 aromatic carbocycles. The van der Waals surface area contributed by atoms with Crippen LogP contribution >= 0.6 is 0 Å². The number of Topliss-reactive ketones (excluding diaryl/α,β-unsaturated/α-hetero) is 1. The third-order valence-corrected chi connectivity index (χ3v) is 6.45. The number of ketones is 1. The second-order valence-electron chi connectivity index (χ2n) is 10.8. The molecule has 0 bridgehead atoms. The highest BCUT2D eigenvalue weighted by molar-refractivity contribution is 5.95. The molecule has 2 aliphatic heterocycles. The Morgan fingerprint density at radius 3 is 2.49 bits per heavy atom. The summed E-state index contributed by atoms with van der Waals surface area (Å²) >= 11 is 0. The fraction of sp³-hybridized carbons (Fsp3) is 0.519. The number of fused-ring (bicyclic) bond motifs is 1. The van der Waals surface area contributed by atoms with E-state index in [1.54, 1.807) is 32.9 Å². The van der Waals surface area contributed by atoms with Gasteiger partial charge in [-0.25, -0.2) is 14.0 Å². The Bertz CT molecular complexity index is 1180. The molecule has 1 aromatic rings. The Labute approximate surface area is 226 Å². The van der Waals surface area contributed by atoms with Gasteiger partial charge in [0.15, 0.2) is 5.78 Å². The van der Waals surface area contributed by atoms with Crippen molar-refractivity contribution in [2.24, 2.45) is 5.73 Å². The van der Waals surface area contributed by atoms with Crippen LogP contribution in [0.3, 0.4) is 0 Å². The molecule has 212 valence electrons. The van der Waals surface area contributed by atoms with Crippen LogP contribution in [0.15, 0.2) is 30.4 Å². The van der Waals surface area contributed by atoms with Crippen LogP contribution in [0.1, 0.15) is 58.1 Å². The first-order chi connectivity index (χ1) is 18.2. The molecule has 4 amide bonds. The number of amides is 4. The number of primary amides is 1. The van der Waals surface area contributed by atoms with Crippen LogP contribution in [0, 0.1) is 5.82 Å². The zero-order chi connectivity index (χ0) is 29.1. The largest absolute Gasteiger partial charge is 0.444 e. The molecule has 2 aliphatic rings. The number of ether oxygens (including phenoxy) is 2. The summed E-state index contributed by atoms with van der Waals surface area (Å²) in [7, 11) is 0. The number of benzene rings is 1. The number of alkyl carbamates (subject to hydrolysis) is 1. The van der Waals surface area contributed by atoms with Crippen LogP contribution in [-0.4, -0.2) is 69.9 Å². The number of allylic oxidation sites excluding steroid dienone is 1. The Balaban J connectivity index is 1.71. The monoisotopic (exact) mass is 546 g/mol. The fourth-order valence-electron chi connectivity index (χ4n) is 4.52. The van der Waals surface area contributed by atoms with E-state index < -0.39 is 53.6 Å². The van der Waals surface area contributed by atoms with Gasteiger partial charge < -0.3 is 25.4 Å². The number of hydrogen-bond donors (Lipinski definition) is 2. The molecule has 3 rings (SSSR count). The maximum absolute atomic E-state index is 14.1. The van der Waals surface area contributed by atoms with Crippen LogP contribution < -0.4 is 11.1 Å². The van der Waals surface area contributed by atoms with Crippen molar-refractivity contribution in [1.82, 2.24) is 15.1 Å². The van der Waals surface area contributed by atoms with Crippen molar-refractivity contribution in [2.45, 2.75) is 83.8 Å². The molecule has 1 fully saturated rings. The summed E-state index contributed by atoms with van der Waals surface area (Å²) in [5.74, 6) is -2.19. The lowest BCUT2D eigenvalue weighted by Gasteiger charge is -2.28. The van der Waals surface area contributed by atoms with E-state index in [0.717, 1.165) is 4.90 Å². The molecule has 0 spiro atoms. The van der Waals surface area contributed by atoms with Crippen molar-refractivity contribution in [3.05, 3.63) is 47.3 Å². The molecule has 12 heteroatoms. The molecule has 0 radical (unpaired) electrons. The standard InChI is InChI=1S/C27H35FN4O7/c1-15(2)22(33)10-9-20(30-25(36)39-27(3,4)5)24(35)32-13-17(11-21(32)23(29)34)38-26(37)31-12-16-7-6-8-19(28)18(16)14-31/h6-8,17,20-21H,1,9-14H2,2-5H3,(H2,29,34)(H,30,36)/t17-,20+,21?/m1/s1. The van der Waals surface area contributed by atoms with Crippen molar-refractivity contribution in [3.63, 3.8) is 0 Å². The molecule has 1 saturated heterocycles. The first kappa shape index (κ1) is 29.6. The molecular weight excluding hydrogens is 511 g/mol. The van der Waals surface area contributed by atoms with Gasteiger partial charge in [0.05, 0.1) is 13.1 Å². The number of likely N-dealkylation sites (tertiary alicyclic amines) is 1. The molecule has 3 atom stereocenters. The van der Waals surface area contributed by atoms with Gasteiger partial charge in [0.2, 0.25) is 11.8 Å². The first-order valence-electron chi connectivity index (χ1n) is 12.7. The highest BCUT2D eigenvalue weighted by Crippen LogP contribution is 2.28. The molecule has 0 aliphatic carbocycles. The number of nitrogens with one attached hydrogen (secondary N) is 1. The fourth-order valence-corrected chi connectivity index (χ4v) is 4.52. The lowest BCUT2D eigenvalue weighted by atomic mass is 10.0. The van der Waals surface area contributed by atoms with Gasteiger partial charge in [0.1, 0.15) is 29.6 Å². The van der Waals surface area contributed by atoms with E-state index in [9.17, 15) is 28.4 Å². The Kier molecular flexibility index (Phi) is 8.98. The third kappa shape index (κ3) is 7.55. The van der Waals surface area contributed by atoms with E-state index in [1.807, 2.05) is 0 Å². The molecule has 0 aromatic heterocycles. The number of carbonyl (C=O) groups excluding carboxylic acids is 5. The highest BCUT2D eigenvalue weighted by atomic mass is 19.1. The zero-order valence-electron chi connectivity index (χ0n) is 22.6. The average molecular weight is 547 g/mol. The molecule has 0 saturated carbocycles. The summed E-state index contributed by atoms with van der Waals surface area (Å²) < 4.78 is 24.9. The summed E-state index contributed by atoms with van der Waals surface area (Å²) in [5, 5.41) is 2.48. The van der Waals surface area contributed by atoms with E-state index in [4.69, 9.17) is 15.2 Å². The second kappa shape index (κ2) is 11.8. The van der Waals surface area contributed by atoms with Gasteiger partial charge in [-0.2, -0.15) is 0 Å². The Morgan fingerprint density at radius 1 is 1.21 bits per heavy atom. The van der Waals surface area contributed by atoms with Crippen LogP contribution in [0.25, 0.3) is 0 Å². The van der Waals surface area contributed by atoms with E-state index in [1.165, 1.54) is 17.9 Å². The van der Waals surface area contributed by atoms with Crippen molar-refractivity contribution in [1.29, 1.82) is 0 Å². The van der Waals surface area contributed by atoms with E-state index in [-0.39, 0.29) is 44.7 Å². The van der Waals surface area contributed by atoms with Gasteiger partial charge in [-0.1, -0.05) is 18.7 Å². The van der Waals surface area contributed by atoms with E-state index in [0.29, 0.717) is 16.7 Å². The summed E-state index contributed by atoms with van der Waals surface area (Å²) in [4.78, 5) is 65.7. The van der Waals surface area contributed by atoms with Gasteiger partial charge >= 0.3 is 12.2 Å². The van der Waals surface area contributed by atoms with Crippen molar-refractivity contribution in [3.8, 4) is 0 Å². The van der Waals surface area contributed by atoms with Crippen molar-refractivity contribution >= 4 is 29.8 Å². The molecule has 2 heterocycles. The normalized spacial score (nSPS) is 19.2. The minimum Gasteiger partial charge on any atom is -0.444 e. The second-order valence-corrected chi connectivity index (χ2v) is 10.8. The van der Waals surface area contributed by atoms with Crippen molar-refractivity contribution in [2.75, 3.05) is 6.54 Å². The number of hydrogen-bond acceptors (Lipinski definition) is 7. The van der Waals surface area contributed by atoms with E-state index >= 15 is 0 Å². The molecular formula is C27H35FN4O7. The minimum absolute atomic E-state index is 0.0358. The number of rotatable bonds is 8. The lowest BCUT2D eigenvalue weighted by Crippen LogP contribution is -2.53. The lowest BCUT2D eigenvalue weighted by molar-refractivity contribution is -0.139. The topological polar surface area (TPSA) is 148 Å². The molecule has 11 nitrogen and oxygen atoms in total. The number of nitrogens with zero attached hydrogens (tertiary/aromatic N) is 2. The number of carbonyl (C=O) groups is 5. The van der Waals surface area contributed by atoms with Crippen LogP contribution in [0.2, 0.25) is 0 Å². The number of nitrogens with two attached hydrogens (primary N) is 1. The summed E-state index contributed by atoms with van der Waals surface area (Å²) in [5.41, 5.74) is 6.10. The summed E-state index contributed by atoms with van der Waals surface area (Å²) in [6.45, 7) is 10.1. The number of halogens is 1. The average Bonchev–Trinajstić information content (AvgIpc) is 3.45. The SMILES string of the molecule is C=C(C)C(=O)CC[C@H](NC(=O)OC(C)(C)C)C(=O)N1C[C@H](OC(=O)N2Cc3cccc(F)c3C2)CC1C(N)=O. The minimum atomic E-state index is -1.21. The maximum atomic E-state index is 14.1. The van der Waals surface area contributed by atoms with Crippen LogP contribution in [-0.2, 0) is 36.9 Å². The quantitative estimate of drug-likeness (QED) is 0.476. The molecule has 39 heavy (non-hydrogen) atoms. The van der Waals surface area contributed by atoms with E-state index in [2.05, 4.69) is 11.9 Å². The predicted octanol–water partition coefficient (Wildman–Crippen LogP) is 2.55. The third-order valence-electron chi connectivity index (χ3n) is 6.45. The summed E-state index contributed by atoms with van der Waals surface area (Å²) in [6.07, 6.45) is -2.67. The van der Waals surface area contributed by atoms with Gasteiger partial charge in [0, 0.05) is 24.9 Å². The van der Waals surface area contributed by atoms with Gasteiger partial charge in [-0.05, 0) is 51.3 Å². The van der Waals surface area contributed by atoms with Crippen LogP contribution in [0.4, 0.5) is 14.0 Å². The van der Waals surface area contributed by atoms with Gasteiger partial charge in [0.25, 0.3) is 0 Å². The Hall–Kier alpha value is -3.96. The maximum Gasteiger partial charge on any atom is 0.410 e. The highest BCUT2D eigenvalue weighted by Gasteiger charge is 2.43. The zero-order valence-corrected chi connectivity index (χ0v) is 22.6. The van der Waals surface area contributed by atoms with Gasteiger partial charge in [-0.3, -0.25) is 19.3 Å². The van der Waals surface area contributed by atoms with Crippen molar-refractivity contribution < 1.29 is 37.8 Å². The van der Waals surface area contributed by atoms with Gasteiger partial charge in [-0.15, -0.1) is 0 Å². The Morgan fingerprint density at radius 2 is 1.90 bits per heavy atom. The summed E-state index contributed by atoms with van der Waals surface area (Å²) in [6, 6.07) is 2.28. The first-order valence-corrected chi connectivity index (χ1v) is 12.7.